The minimum Gasteiger partial charge on any atom is -0.322 e. The lowest BCUT2D eigenvalue weighted by atomic mass is 10.1. The van der Waals surface area contributed by atoms with Crippen LogP contribution in [0.4, 0.5) is 48.3 Å². The highest BCUT2D eigenvalue weighted by atomic mass is 19.4. The second-order valence-corrected chi connectivity index (χ2v) is 3.65. The Hall–Kier alpha value is -0.890. The molecule has 0 N–H and O–H groups in total. The highest BCUT2D eigenvalue weighted by Crippen LogP contribution is 2.60. The van der Waals surface area contributed by atoms with Crippen molar-refractivity contribution in [1.82, 2.24) is 0 Å². The summed E-state index contributed by atoms with van der Waals surface area (Å²) in [6.45, 7) is 0. The van der Waals surface area contributed by atoms with Crippen LogP contribution in [-0.2, 0) is 14.2 Å². The maximum Gasteiger partial charge on any atom is 0.458 e. The van der Waals surface area contributed by atoms with Gasteiger partial charge in [-0.3, -0.25) is 9.47 Å². The van der Waals surface area contributed by atoms with Crippen molar-refractivity contribution in [3.05, 3.63) is 0 Å². The van der Waals surface area contributed by atoms with Crippen LogP contribution >= 0.6 is 0 Å². The second kappa shape index (κ2) is 4.32. The Morgan fingerprint density at radius 1 is 0.714 bits per heavy atom. The van der Waals surface area contributed by atoms with Crippen LogP contribution in [-0.4, -0.2) is 43.3 Å². The molecule has 126 valence electrons. The molecule has 0 bridgehead atoms. The number of hydrogen-bond acceptors (Lipinski definition) is 3. The summed E-state index contributed by atoms with van der Waals surface area (Å²) < 4.78 is 147. The van der Waals surface area contributed by atoms with E-state index in [0.29, 0.717) is 0 Å². The van der Waals surface area contributed by atoms with Gasteiger partial charge in [0.25, 0.3) is 0 Å². The molecule has 0 saturated carbocycles. The molecule has 1 rings (SSSR count). The van der Waals surface area contributed by atoms with Crippen molar-refractivity contribution in [3.63, 3.8) is 0 Å². The first-order valence-electron chi connectivity index (χ1n) is 4.51. The van der Waals surface area contributed by atoms with Crippen LogP contribution in [0.2, 0.25) is 0 Å². The van der Waals surface area contributed by atoms with E-state index in [1.165, 1.54) is 0 Å². The highest BCUT2D eigenvalue weighted by Gasteiger charge is 2.90. The van der Waals surface area contributed by atoms with Gasteiger partial charge in [0.15, 0.2) is 0 Å². The summed E-state index contributed by atoms with van der Waals surface area (Å²) in [6.07, 6.45) is -20.0. The van der Waals surface area contributed by atoms with E-state index in [9.17, 15) is 48.3 Å². The lowest BCUT2D eigenvalue weighted by molar-refractivity contribution is -0.632. The molecule has 14 heteroatoms. The normalized spacial score (nSPS) is 41.1. The van der Waals surface area contributed by atoms with Gasteiger partial charge < -0.3 is 4.74 Å². The van der Waals surface area contributed by atoms with Gasteiger partial charge in [0.05, 0.1) is 0 Å². The van der Waals surface area contributed by atoms with E-state index in [1.807, 2.05) is 0 Å². The van der Waals surface area contributed by atoms with Crippen molar-refractivity contribution in [3.8, 4) is 0 Å². The second-order valence-electron chi connectivity index (χ2n) is 3.65. The zero-order valence-corrected chi connectivity index (χ0v) is 9.38. The zero-order valence-electron chi connectivity index (χ0n) is 9.38. The molecule has 1 aliphatic heterocycles. The summed E-state index contributed by atoms with van der Waals surface area (Å²) in [5, 5.41) is 0. The molecule has 1 heterocycles. The summed E-state index contributed by atoms with van der Waals surface area (Å²) in [7, 11) is -0.191. The predicted octanol–water partition coefficient (Wildman–Crippen LogP) is 3.35. The Bertz CT molecular complexity index is 419. The summed E-state index contributed by atoms with van der Waals surface area (Å²) in [5.74, 6) is -12.6. The van der Waals surface area contributed by atoms with Crippen LogP contribution in [0.15, 0.2) is 0 Å². The molecule has 21 heavy (non-hydrogen) atoms. The fourth-order valence-electron chi connectivity index (χ4n) is 1.23. The Labute approximate surface area is 107 Å². The summed E-state index contributed by atoms with van der Waals surface area (Å²) >= 11 is 0. The van der Waals surface area contributed by atoms with E-state index in [2.05, 4.69) is 14.2 Å². The first-order chi connectivity index (χ1) is 8.97. The SMILES string of the molecule is COC1(F)OC(F)(C(F)(F)F)C(F)(F)OC1(F)C(F)(F)F. The van der Waals surface area contributed by atoms with E-state index in [4.69, 9.17) is 0 Å². The lowest BCUT2D eigenvalue weighted by Crippen LogP contribution is -2.76. The fourth-order valence-corrected chi connectivity index (χ4v) is 1.23. The third-order valence-corrected chi connectivity index (χ3v) is 2.29. The zero-order chi connectivity index (χ0) is 17.1. The van der Waals surface area contributed by atoms with E-state index in [1.54, 1.807) is 0 Å². The molecule has 0 amide bonds. The average molecular weight is 344 g/mol. The molecule has 1 saturated heterocycles. The van der Waals surface area contributed by atoms with Gasteiger partial charge in [-0.2, -0.15) is 48.3 Å². The molecule has 0 aromatic heterocycles. The first-order valence-corrected chi connectivity index (χ1v) is 4.51. The van der Waals surface area contributed by atoms with Gasteiger partial charge in [0.1, 0.15) is 0 Å². The van der Waals surface area contributed by atoms with E-state index in [0.717, 1.165) is 0 Å². The molecular formula is C7H3F11O3. The number of methoxy groups -OCH3 is 1. The van der Waals surface area contributed by atoms with E-state index >= 15 is 0 Å². The maximum absolute atomic E-state index is 13.5. The Morgan fingerprint density at radius 3 is 1.38 bits per heavy atom. The predicted molar refractivity (Wildman–Crippen MR) is 37.8 cm³/mol. The molecule has 0 spiro atoms. The monoisotopic (exact) mass is 344 g/mol. The number of alkyl halides is 11. The van der Waals surface area contributed by atoms with Gasteiger partial charge in [0.2, 0.25) is 0 Å². The quantitative estimate of drug-likeness (QED) is 0.683. The van der Waals surface area contributed by atoms with Gasteiger partial charge in [-0.1, -0.05) is 0 Å². The van der Waals surface area contributed by atoms with Crippen molar-refractivity contribution >= 4 is 0 Å². The number of halogens is 11. The van der Waals surface area contributed by atoms with Crippen molar-refractivity contribution < 1.29 is 62.5 Å². The van der Waals surface area contributed by atoms with Crippen molar-refractivity contribution in [2.75, 3.05) is 7.11 Å². The van der Waals surface area contributed by atoms with Crippen LogP contribution in [0.5, 0.6) is 0 Å². The largest absolute Gasteiger partial charge is 0.458 e. The molecule has 3 unspecified atom stereocenters. The van der Waals surface area contributed by atoms with Gasteiger partial charge in [-0.05, 0) is 0 Å². The standard InChI is InChI=1S/C7H3F11O3/c1-19-7(18)3(9,5(13,14)15)20-6(16,17)2(8,21-7)4(10,11)12/h1H3. The molecular weight excluding hydrogens is 341 g/mol. The molecule has 0 aliphatic carbocycles. The smallest absolute Gasteiger partial charge is 0.322 e. The minimum absolute atomic E-state index is 0.191. The van der Waals surface area contributed by atoms with Crippen LogP contribution in [0.1, 0.15) is 0 Å². The van der Waals surface area contributed by atoms with Crippen LogP contribution < -0.4 is 0 Å². The van der Waals surface area contributed by atoms with Gasteiger partial charge in [0, 0.05) is 7.11 Å². The molecule has 1 aliphatic rings. The molecule has 3 nitrogen and oxygen atoms in total. The average Bonchev–Trinajstić information content (AvgIpc) is 2.23. The molecule has 0 radical (unpaired) electrons. The molecule has 0 aromatic carbocycles. The van der Waals surface area contributed by atoms with Crippen LogP contribution in [0, 0.1) is 0 Å². The topological polar surface area (TPSA) is 27.7 Å². The third kappa shape index (κ3) is 2.23. The first kappa shape index (κ1) is 18.2. The van der Waals surface area contributed by atoms with Gasteiger partial charge in [-0.15, -0.1) is 0 Å². The fraction of sp³-hybridized carbons (Fsp3) is 1.00. The van der Waals surface area contributed by atoms with Crippen molar-refractivity contribution in [2.45, 2.75) is 36.2 Å². The summed E-state index contributed by atoms with van der Waals surface area (Å²) in [6, 6.07) is -5.68. The van der Waals surface area contributed by atoms with Gasteiger partial charge >= 0.3 is 36.2 Å². The maximum atomic E-state index is 13.5. The Balaban J connectivity index is 3.51. The van der Waals surface area contributed by atoms with Gasteiger partial charge in [-0.25, -0.2) is 0 Å². The number of hydrogen-bond donors (Lipinski definition) is 0. The lowest BCUT2D eigenvalue weighted by Gasteiger charge is -2.48. The summed E-state index contributed by atoms with van der Waals surface area (Å²) in [5.41, 5.74) is 0. The molecule has 1 fully saturated rings. The van der Waals surface area contributed by atoms with Crippen LogP contribution in [0.3, 0.4) is 0 Å². The third-order valence-electron chi connectivity index (χ3n) is 2.29. The van der Waals surface area contributed by atoms with Crippen molar-refractivity contribution in [2.24, 2.45) is 0 Å². The number of rotatable bonds is 1. The molecule has 3 atom stereocenters. The van der Waals surface area contributed by atoms with E-state index in [-0.39, 0.29) is 7.11 Å². The number of ether oxygens (including phenoxy) is 3. The Kier molecular flexibility index (Phi) is 3.73. The minimum atomic E-state index is -6.78. The molecule has 0 aromatic rings. The van der Waals surface area contributed by atoms with Crippen LogP contribution in [0.25, 0.3) is 0 Å². The van der Waals surface area contributed by atoms with E-state index < -0.39 is 36.2 Å². The van der Waals surface area contributed by atoms with Crippen molar-refractivity contribution in [1.29, 1.82) is 0 Å². The Morgan fingerprint density at radius 2 is 1.10 bits per heavy atom. The highest BCUT2D eigenvalue weighted by molar-refractivity contribution is 5.00. The summed E-state index contributed by atoms with van der Waals surface area (Å²) in [4.78, 5) is 0.